The Kier molecular flexibility index (Phi) is 4.74. The molecule has 0 bridgehead atoms. The normalized spacial score (nSPS) is 13.8. The molecule has 1 rings (SSSR count). The minimum atomic E-state index is -0.668. The molecule has 0 radical (unpaired) electrons. The number of rotatable bonds is 5. The second-order valence-electron chi connectivity index (χ2n) is 4.29. The van der Waals surface area contributed by atoms with Crippen molar-refractivity contribution in [1.82, 2.24) is 5.32 Å². The number of benzene rings is 1. The maximum Gasteiger partial charge on any atom is 0.0633 e. The van der Waals surface area contributed by atoms with E-state index in [9.17, 15) is 10.2 Å². The highest BCUT2D eigenvalue weighted by Crippen LogP contribution is 2.18. The molecule has 0 aliphatic rings. The molecule has 1 aromatic rings. The quantitative estimate of drug-likeness (QED) is 0.738. The van der Waals surface area contributed by atoms with E-state index in [1.807, 2.05) is 31.2 Å². The van der Waals surface area contributed by atoms with Crippen molar-refractivity contribution in [2.24, 2.45) is 0 Å². The minimum Gasteiger partial charge on any atom is -0.394 e. The van der Waals surface area contributed by atoms with E-state index in [1.54, 1.807) is 6.92 Å². The summed E-state index contributed by atoms with van der Waals surface area (Å²) < 4.78 is 0. The zero-order valence-corrected chi connectivity index (χ0v) is 10.3. The maximum absolute atomic E-state index is 9.18. The zero-order chi connectivity index (χ0) is 12.2. The van der Waals surface area contributed by atoms with Gasteiger partial charge in [0, 0.05) is 11.1 Å². The van der Waals surface area contributed by atoms with Crippen molar-refractivity contribution >= 4 is 11.6 Å². The van der Waals surface area contributed by atoms with Crippen molar-refractivity contribution in [2.45, 2.75) is 25.4 Å². The number of halogens is 1. The van der Waals surface area contributed by atoms with Crippen molar-refractivity contribution in [2.75, 3.05) is 13.2 Å². The third-order valence-electron chi connectivity index (χ3n) is 2.63. The summed E-state index contributed by atoms with van der Waals surface area (Å²) in [5, 5.41) is 22.2. The van der Waals surface area contributed by atoms with Crippen LogP contribution in [0.5, 0.6) is 0 Å². The monoisotopic (exact) mass is 243 g/mol. The summed E-state index contributed by atoms with van der Waals surface area (Å²) in [5.41, 5.74) is 0.400. The first-order valence-electron chi connectivity index (χ1n) is 5.25. The van der Waals surface area contributed by atoms with Gasteiger partial charge in [0.2, 0.25) is 0 Å². The average Bonchev–Trinajstić information content (AvgIpc) is 2.29. The Balaban J connectivity index is 2.71. The summed E-state index contributed by atoms with van der Waals surface area (Å²) in [6.07, 6.45) is 0. The lowest BCUT2D eigenvalue weighted by molar-refractivity contribution is 0.0957. The van der Waals surface area contributed by atoms with E-state index < -0.39 is 5.54 Å². The van der Waals surface area contributed by atoms with Crippen LogP contribution in [0, 0.1) is 0 Å². The van der Waals surface area contributed by atoms with E-state index in [0.717, 1.165) is 5.56 Å². The number of hydrogen-bond donors (Lipinski definition) is 3. The van der Waals surface area contributed by atoms with Gasteiger partial charge in [0.05, 0.1) is 18.8 Å². The van der Waals surface area contributed by atoms with Crippen molar-refractivity contribution in [1.29, 1.82) is 0 Å². The molecule has 0 spiro atoms. The van der Waals surface area contributed by atoms with Gasteiger partial charge < -0.3 is 15.5 Å². The molecule has 1 aromatic carbocycles. The molecule has 0 aromatic heterocycles. The summed E-state index contributed by atoms with van der Waals surface area (Å²) >= 11 is 5.80. The molecular weight excluding hydrogens is 226 g/mol. The summed E-state index contributed by atoms with van der Waals surface area (Å²) in [6.45, 7) is 3.54. The van der Waals surface area contributed by atoms with Crippen LogP contribution in [-0.2, 0) is 0 Å². The minimum absolute atomic E-state index is 0.0431. The highest BCUT2D eigenvalue weighted by molar-refractivity contribution is 6.30. The molecule has 0 aliphatic carbocycles. The lowest BCUT2D eigenvalue weighted by atomic mass is 10.0. The predicted octanol–water partition coefficient (Wildman–Crippen LogP) is 1.73. The summed E-state index contributed by atoms with van der Waals surface area (Å²) in [7, 11) is 0. The lowest BCUT2D eigenvalue weighted by Crippen LogP contribution is -2.49. The van der Waals surface area contributed by atoms with Crippen molar-refractivity contribution in [3.63, 3.8) is 0 Å². The highest BCUT2D eigenvalue weighted by atomic mass is 35.5. The Bertz CT molecular complexity index is 322. The Morgan fingerprint density at radius 1 is 1.25 bits per heavy atom. The average molecular weight is 244 g/mol. The van der Waals surface area contributed by atoms with Gasteiger partial charge in [-0.2, -0.15) is 0 Å². The summed E-state index contributed by atoms with van der Waals surface area (Å²) in [5.74, 6) is 0. The van der Waals surface area contributed by atoms with Gasteiger partial charge in [0.15, 0.2) is 0 Å². The fourth-order valence-electron chi connectivity index (χ4n) is 1.50. The fourth-order valence-corrected chi connectivity index (χ4v) is 1.62. The topological polar surface area (TPSA) is 52.5 Å². The van der Waals surface area contributed by atoms with Gasteiger partial charge in [-0.1, -0.05) is 23.7 Å². The smallest absolute Gasteiger partial charge is 0.0633 e. The number of nitrogens with one attached hydrogen (secondary N) is 1. The summed E-state index contributed by atoms with van der Waals surface area (Å²) in [6, 6.07) is 7.54. The van der Waals surface area contributed by atoms with Gasteiger partial charge in [-0.25, -0.2) is 0 Å². The van der Waals surface area contributed by atoms with Crippen molar-refractivity contribution in [3.8, 4) is 0 Å². The van der Waals surface area contributed by atoms with Gasteiger partial charge in [0.25, 0.3) is 0 Å². The third-order valence-corrected chi connectivity index (χ3v) is 2.88. The third kappa shape index (κ3) is 3.46. The molecular formula is C12H18ClNO2. The van der Waals surface area contributed by atoms with E-state index in [4.69, 9.17) is 11.6 Å². The van der Waals surface area contributed by atoms with Crippen molar-refractivity contribution < 1.29 is 10.2 Å². The molecule has 0 fully saturated rings. The number of aliphatic hydroxyl groups is 2. The van der Waals surface area contributed by atoms with Crippen LogP contribution in [0.3, 0.4) is 0 Å². The Hall–Kier alpha value is -0.610. The predicted molar refractivity (Wildman–Crippen MR) is 65.6 cm³/mol. The van der Waals surface area contributed by atoms with Crippen LogP contribution >= 0.6 is 11.6 Å². The van der Waals surface area contributed by atoms with E-state index in [1.165, 1.54) is 0 Å². The van der Waals surface area contributed by atoms with Gasteiger partial charge in [0.1, 0.15) is 0 Å². The summed E-state index contributed by atoms with van der Waals surface area (Å²) in [4.78, 5) is 0. The largest absolute Gasteiger partial charge is 0.394 e. The van der Waals surface area contributed by atoms with Crippen LogP contribution in [0.25, 0.3) is 0 Å². The SMILES string of the molecule is CC(NC(C)(CO)CO)c1ccc(Cl)cc1. The van der Waals surface area contributed by atoms with Crippen LogP contribution < -0.4 is 5.32 Å². The molecule has 0 aliphatic heterocycles. The molecule has 4 heteroatoms. The number of aliphatic hydroxyl groups excluding tert-OH is 2. The zero-order valence-electron chi connectivity index (χ0n) is 9.57. The second-order valence-corrected chi connectivity index (χ2v) is 4.73. The molecule has 0 heterocycles. The fraction of sp³-hybridized carbons (Fsp3) is 0.500. The Morgan fingerprint density at radius 2 is 1.75 bits per heavy atom. The van der Waals surface area contributed by atoms with Crippen LogP contribution in [0.2, 0.25) is 5.02 Å². The van der Waals surface area contributed by atoms with E-state index in [0.29, 0.717) is 5.02 Å². The van der Waals surface area contributed by atoms with Crippen LogP contribution in [-0.4, -0.2) is 29.0 Å². The first-order chi connectivity index (χ1) is 7.50. The van der Waals surface area contributed by atoms with Crippen LogP contribution in [0.1, 0.15) is 25.5 Å². The van der Waals surface area contributed by atoms with Gasteiger partial charge in [-0.3, -0.25) is 0 Å². The molecule has 3 nitrogen and oxygen atoms in total. The van der Waals surface area contributed by atoms with Crippen LogP contribution in [0.15, 0.2) is 24.3 Å². The lowest BCUT2D eigenvalue weighted by Gasteiger charge is -2.30. The molecule has 16 heavy (non-hydrogen) atoms. The molecule has 3 N–H and O–H groups in total. The first kappa shape index (κ1) is 13.5. The molecule has 0 saturated carbocycles. The Morgan fingerprint density at radius 3 is 2.19 bits per heavy atom. The van der Waals surface area contributed by atoms with Gasteiger partial charge in [-0.05, 0) is 31.5 Å². The molecule has 1 unspecified atom stereocenters. The van der Waals surface area contributed by atoms with E-state index >= 15 is 0 Å². The number of hydrogen-bond acceptors (Lipinski definition) is 3. The first-order valence-corrected chi connectivity index (χ1v) is 5.63. The highest BCUT2D eigenvalue weighted by Gasteiger charge is 2.24. The maximum atomic E-state index is 9.18. The second kappa shape index (κ2) is 5.64. The molecule has 0 amide bonds. The van der Waals surface area contributed by atoms with Gasteiger partial charge in [-0.15, -0.1) is 0 Å². The molecule has 0 saturated heterocycles. The standard InChI is InChI=1S/C12H18ClNO2/c1-9(14-12(2,7-15)8-16)10-3-5-11(13)6-4-10/h3-6,9,14-16H,7-8H2,1-2H3. The van der Waals surface area contributed by atoms with Gasteiger partial charge >= 0.3 is 0 Å². The van der Waals surface area contributed by atoms with E-state index in [2.05, 4.69) is 5.32 Å². The Labute approximate surface area is 101 Å². The molecule has 1 atom stereocenters. The molecule has 90 valence electrons. The van der Waals surface area contributed by atoms with E-state index in [-0.39, 0.29) is 19.3 Å². The van der Waals surface area contributed by atoms with Crippen LogP contribution in [0.4, 0.5) is 0 Å². The van der Waals surface area contributed by atoms with Crippen molar-refractivity contribution in [3.05, 3.63) is 34.9 Å².